The smallest absolute Gasteiger partial charge is 0.239 e. The summed E-state index contributed by atoms with van der Waals surface area (Å²) in [6, 6.07) is 1.72. The molecule has 0 atom stereocenters. The van der Waals surface area contributed by atoms with Crippen LogP contribution in [0.3, 0.4) is 0 Å². The molecule has 0 spiro atoms. The summed E-state index contributed by atoms with van der Waals surface area (Å²) in [6.45, 7) is 2.90. The van der Waals surface area contributed by atoms with Crippen molar-refractivity contribution < 1.29 is 4.79 Å². The van der Waals surface area contributed by atoms with Gasteiger partial charge in [0.2, 0.25) is 5.91 Å². The zero-order chi connectivity index (χ0) is 12.0. The number of carbonyl (C=O) groups excluding carboxylic acids is 1. The predicted molar refractivity (Wildman–Crippen MR) is 68.7 cm³/mol. The molecule has 0 unspecified atom stereocenters. The van der Waals surface area contributed by atoms with Crippen LogP contribution in [0.15, 0.2) is 16.7 Å². The number of hydrogen-bond donors (Lipinski definition) is 2. The van der Waals surface area contributed by atoms with Gasteiger partial charge >= 0.3 is 0 Å². The fourth-order valence-corrected chi connectivity index (χ4v) is 1.81. The second-order valence-corrected chi connectivity index (χ2v) is 4.48. The number of carbonyl (C=O) groups is 1. The Kier molecular flexibility index (Phi) is 5.55. The van der Waals surface area contributed by atoms with Gasteiger partial charge in [0, 0.05) is 12.7 Å². The second-order valence-electron chi connectivity index (χ2n) is 3.19. The second kappa shape index (κ2) is 6.70. The van der Waals surface area contributed by atoms with Gasteiger partial charge in [-0.1, -0.05) is 18.5 Å². The lowest BCUT2D eigenvalue weighted by atomic mass is 10.4. The Bertz CT molecular complexity index is 373. The highest BCUT2D eigenvalue weighted by Gasteiger charge is 2.04. The normalized spacial score (nSPS) is 9.94. The van der Waals surface area contributed by atoms with Crippen molar-refractivity contribution in [2.24, 2.45) is 0 Å². The highest BCUT2D eigenvalue weighted by Crippen LogP contribution is 2.22. The van der Waals surface area contributed by atoms with E-state index < -0.39 is 0 Å². The van der Waals surface area contributed by atoms with E-state index in [0.29, 0.717) is 17.4 Å². The Labute approximate surface area is 108 Å². The molecule has 0 aromatic carbocycles. The summed E-state index contributed by atoms with van der Waals surface area (Å²) < 4.78 is 0.739. The van der Waals surface area contributed by atoms with Crippen LogP contribution < -0.4 is 10.6 Å². The van der Waals surface area contributed by atoms with E-state index in [2.05, 4.69) is 31.5 Å². The maximum atomic E-state index is 11.3. The number of rotatable bonds is 5. The molecule has 16 heavy (non-hydrogen) atoms. The van der Waals surface area contributed by atoms with E-state index in [-0.39, 0.29) is 12.5 Å². The summed E-state index contributed by atoms with van der Waals surface area (Å²) in [4.78, 5) is 15.4. The van der Waals surface area contributed by atoms with E-state index >= 15 is 0 Å². The topological polar surface area (TPSA) is 54.0 Å². The molecular weight excluding hydrogens is 293 g/mol. The van der Waals surface area contributed by atoms with Gasteiger partial charge in [-0.3, -0.25) is 4.79 Å². The molecule has 0 bridgehead atoms. The molecule has 1 heterocycles. The van der Waals surface area contributed by atoms with E-state index in [1.165, 1.54) is 6.20 Å². The number of aromatic nitrogens is 1. The molecule has 0 aliphatic heterocycles. The van der Waals surface area contributed by atoms with Gasteiger partial charge in [0.15, 0.2) is 0 Å². The van der Waals surface area contributed by atoms with E-state index in [0.717, 1.165) is 10.9 Å². The summed E-state index contributed by atoms with van der Waals surface area (Å²) in [5.74, 6) is 0.557. The molecule has 6 heteroatoms. The zero-order valence-electron chi connectivity index (χ0n) is 8.89. The maximum absolute atomic E-state index is 11.3. The minimum absolute atomic E-state index is 0.0505. The van der Waals surface area contributed by atoms with Crippen molar-refractivity contribution in [1.82, 2.24) is 10.3 Å². The van der Waals surface area contributed by atoms with Crippen LogP contribution in [0.5, 0.6) is 0 Å². The average molecular weight is 307 g/mol. The zero-order valence-corrected chi connectivity index (χ0v) is 11.2. The quantitative estimate of drug-likeness (QED) is 0.878. The van der Waals surface area contributed by atoms with Crippen LogP contribution in [-0.4, -0.2) is 24.0 Å². The van der Waals surface area contributed by atoms with Crippen LogP contribution in [0.1, 0.15) is 13.3 Å². The number of pyridine rings is 1. The average Bonchev–Trinajstić information content (AvgIpc) is 2.25. The van der Waals surface area contributed by atoms with Gasteiger partial charge in [0.05, 0.1) is 16.0 Å². The predicted octanol–water partition coefficient (Wildman–Crippen LogP) is 2.44. The molecule has 0 fully saturated rings. The maximum Gasteiger partial charge on any atom is 0.239 e. The number of hydrogen-bond acceptors (Lipinski definition) is 3. The summed E-state index contributed by atoms with van der Waals surface area (Å²) >= 11 is 9.06. The summed E-state index contributed by atoms with van der Waals surface area (Å²) in [5.41, 5.74) is 0. The van der Waals surface area contributed by atoms with Gasteiger partial charge in [-0.15, -0.1) is 0 Å². The van der Waals surface area contributed by atoms with E-state index in [1.54, 1.807) is 6.07 Å². The minimum Gasteiger partial charge on any atom is -0.360 e. The summed E-state index contributed by atoms with van der Waals surface area (Å²) in [5, 5.41) is 6.23. The lowest BCUT2D eigenvalue weighted by molar-refractivity contribution is -0.119. The standard InChI is InChI=1S/C10H13BrClN3O/c1-2-3-13-9(16)6-15-10-8(11)4-7(12)5-14-10/h4-5H,2-3,6H2,1H3,(H,13,16)(H,14,15). The SMILES string of the molecule is CCCNC(=O)CNc1ncc(Cl)cc1Br. The monoisotopic (exact) mass is 305 g/mol. The molecule has 1 amide bonds. The molecule has 2 N–H and O–H groups in total. The Morgan fingerprint density at radius 3 is 3.00 bits per heavy atom. The highest BCUT2D eigenvalue weighted by molar-refractivity contribution is 9.10. The van der Waals surface area contributed by atoms with Gasteiger partial charge in [0.1, 0.15) is 5.82 Å². The van der Waals surface area contributed by atoms with Gasteiger partial charge < -0.3 is 10.6 Å². The van der Waals surface area contributed by atoms with Gasteiger partial charge in [-0.25, -0.2) is 4.98 Å². The Morgan fingerprint density at radius 2 is 2.38 bits per heavy atom. The largest absolute Gasteiger partial charge is 0.360 e. The van der Waals surface area contributed by atoms with Crippen LogP contribution in [0.2, 0.25) is 5.02 Å². The number of amides is 1. The summed E-state index contributed by atoms with van der Waals surface area (Å²) in [7, 11) is 0. The van der Waals surface area contributed by atoms with Crippen LogP contribution in [0, 0.1) is 0 Å². The molecule has 4 nitrogen and oxygen atoms in total. The molecule has 0 radical (unpaired) electrons. The number of halogens is 2. The first kappa shape index (κ1) is 13.3. The first-order chi connectivity index (χ1) is 7.63. The van der Waals surface area contributed by atoms with Crippen LogP contribution in [-0.2, 0) is 4.79 Å². The first-order valence-corrected chi connectivity index (χ1v) is 6.12. The third-order valence-electron chi connectivity index (χ3n) is 1.80. The van der Waals surface area contributed by atoms with E-state index in [9.17, 15) is 4.79 Å². The van der Waals surface area contributed by atoms with Gasteiger partial charge in [0.25, 0.3) is 0 Å². The molecule has 88 valence electrons. The van der Waals surface area contributed by atoms with Crippen LogP contribution in [0.4, 0.5) is 5.82 Å². The highest BCUT2D eigenvalue weighted by atomic mass is 79.9. The van der Waals surface area contributed by atoms with Gasteiger partial charge in [-0.05, 0) is 28.4 Å². The Hall–Kier alpha value is -0.810. The molecule has 1 aromatic rings. The van der Waals surface area contributed by atoms with Crippen LogP contribution in [0.25, 0.3) is 0 Å². The fourth-order valence-electron chi connectivity index (χ4n) is 1.04. The van der Waals surface area contributed by atoms with E-state index in [1.807, 2.05) is 6.92 Å². The Morgan fingerprint density at radius 1 is 1.62 bits per heavy atom. The first-order valence-electron chi connectivity index (χ1n) is 4.95. The molecule has 1 rings (SSSR count). The van der Waals surface area contributed by atoms with Crippen molar-refractivity contribution in [3.63, 3.8) is 0 Å². The van der Waals surface area contributed by atoms with Crippen molar-refractivity contribution in [3.05, 3.63) is 21.8 Å². The summed E-state index contributed by atoms with van der Waals surface area (Å²) in [6.07, 6.45) is 2.45. The third-order valence-corrected chi connectivity index (χ3v) is 2.61. The van der Waals surface area contributed by atoms with Gasteiger partial charge in [-0.2, -0.15) is 0 Å². The molecule has 0 aliphatic rings. The van der Waals surface area contributed by atoms with Crippen molar-refractivity contribution in [1.29, 1.82) is 0 Å². The molecule has 0 saturated heterocycles. The lowest BCUT2D eigenvalue weighted by Gasteiger charge is -2.07. The molecular formula is C10H13BrClN3O. The Balaban J connectivity index is 2.45. The minimum atomic E-state index is -0.0505. The number of anilines is 1. The molecule has 1 aromatic heterocycles. The van der Waals surface area contributed by atoms with E-state index in [4.69, 9.17) is 11.6 Å². The third kappa shape index (κ3) is 4.37. The lowest BCUT2D eigenvalue weighted by Crippen LogP contribution is -2.30. The van der Waals surface area contributed by atoms with Crippen molar-refractivity contribution in [2.45, 2.75) is 13.3 Å². The fraction of sp³-hybridized carbons (Fsp3) is 0.400. The van der Waals surface area contributed by atoms with Crippen molar-refractivity contribution in [3.8, 4) is 0 Å². The molecule has 0 saturated carbocycles. The van der Waals surface area contributed by atoms with Crippen LogP contribution >= 0.6 is 27.5 Å². The van der Waals surface area contributed by atoms with Crippen molar-refractivity contribution in [2.75, 3.05) is 18.4 Å². The van der Waals surface area contributed by atoms with Crippen molar-refractivity contribution >= 4 is 39.3 Å². The molecule has 0 aliphatic carbocycles. The number of nitrogens with one attached hydrogen (secondary N) is 2. The number of nitrogens with zero attached hydrogens (tertiary/aromatic N) is 1.